The van der Waals surface area contributed by atoms with E-state index in [0.717, 1.165) is 24.8 Å². The number of nitrogens with zero attached hydrogens (tertiary/aromatic N) is 3. The van der Waals surface area contributed by atoms with Crippen LogP contribution in [0.4, 0.5) is 6.01 Å². The van der Waals surface area contributed by atoms with Gasteiger partial charge in [-0.15, -0.1) is 0 Å². The molecule has 0 amide bonds. The molecule has 4 rings (SSSR count). The molecule has 2 aromatic heterocycles. The Hall–Kier alpha value is -2.83. The molecule has 2 unspecified atom stereocenters. The number of aliphatic hydroxyl groups is 2. The predicted molar refractivity (Wildman–Crippen MR) is 149 cm³/mol. The van der Waals surface area contributed by atoms with Crippen molar-refractivity contribution < 1.29 is 28.8 Å². The van der Waals surface area contributed by atoms with Gasteiger partial charge >= 0.3 is 5.63 Å². The van der Waals surface area contributed by atoms with Gasteiger partial charge in [0.25, 0.3) is 6.01 Å². The third kappa shape index (κ3) is 7.67. The van der Waals surface area contributed by atoms with Crippen molar-refractivity contribution in [2.45, 2.75) is 102 Å². The van der Waals surface area contributed by atoms with Crippen molar-refractivity contribution >= 4 is 17.2 Å². The van der Waals surface area contributed by atoms with Gasteiger partial charge in [0.05, 0.1) is 19.0 Å². The molecule has 1 aromatic carbocycles. The monoisotopic (exact) mass is 558 g/mol. The van der Waals surface area contributed by atoms with Gasteiger partial charge in [-0.2, -0.15) is 4.98 Å². The molecule has 1 aliphatic rings. The van der Waals surface area contributed by atoms with Crippen LogP contribution in [0.2, 0.25) is 0 Å². The number of anilines is 1. The highest BCUT2D eigenvalue weighted by Gasteiger charge is 2.46. The van der Waals surface area contributed by atoms with E-state index in [9.17, 15) is 15.0 Å². The van der Waals surface area contributed by atoms with Crippen LogP contribution in [-0.4, -0.2) is 56.5 Å². The number of hydrogen-bond donors (Lipinski definition) is 3. The second kappa shape index (κ2) is 15.2. The molecular formula is C29H42N4O7. The molecule has 4 N–H and O–H groups in total. The van der Waals surface area contributed by atoms with Gasteiger partial charge in [0, 0.05) is 0 Å². The maximum atomic E-state index is 12.1. The first kappa shape index (κ1) is 30.1. The molecule has 220 valence electrons. The SMILES string of the molecule is CCCCCCCCCCCC(OCOC1[C@@H](O)[C@@H](CO)O[C@H]1n1cnc2c(=O)oc(N)nc21)c1ccccc1. The first-order valence-corrected chi connectivity index (χ1v) is 14.4. The minimum absolute atomic E-state index is 0.0279. The molecule has 11 heteroatoms. The summed E-state index contributed by atoms with van der Waals surface area (Å²) in [5, 5.41) is 20.6. The zero-order chi connectivity index (χ0) is 28.3. The zero-order valence-corrected chi connectivity index (χ0v) is 23.2. The molecule has 0 aliphatic carbocycles. The van der Waals surface area contributed by atoms with Gasteiger partial charge in [-0.3, -0.25) is 4.57 Å². The first-order valence-electron chi connectivity index (χ1n) is 14.4. The quantitative estimate of drug-likeness (QED) is 0.162. The molecular weight excluding hydrogens is 516 g/mol. The summed E-state index contributed by atoms with van der Waals surface area (Å²) in [6.45, 7) is 1.70. The average Bonchev–Trinajstić information content (AvgIpc) is 3.52. The van der Waals surface area contributed by atoms with Gasteiger partial charge < -0.3 is 34.6 Å². The molecule has 3 aromatic rings. The van der Waals surface area contributed by atoms with Crippen LogP contribution in [0, 0.1) is 0 Å². The van der Waals surface area contributed by atoms with Crippen molar-refractivity contribution in [2.24, 2.45) is 0 Å². The van der Waals surface area contributed by atoms with E-state index in [1.54, 1.807) is 0 Å². The zero-order valence-electron chi connectivity index (χ0n) is 23.2. The third-order valence-electron chi connectivity index (χ3n) is 7.41. The summed E-state index contributed by atoms with van der Waals surface area (Å²) < 4.78 is 24.3. The smallest absolute Gasteiger partial charge is 0.368 e. The molecule has 1 fully saturated rings. The van der Waals surface area contributed by atoms with Gasteiger partial charge in [0.15, 0.2) is 17.4 Å². The molecule has 5 atom stereocenters. The molecule has 11 nitrogen and oxygen atoms in total. The normalized spacial score (nSPS) is 21.8. The van der Waals surface area contributed by atoms with E-state index in [-0.39, 0.29) is 30.1 Å². The molecule has 0 radical (unpaired) electrons. The molecule has 3 heterocycles. The number of ether oxygens (including phenoxy) is 3. The summed E-state index contributed by atoms with van der Waals surface area (Å²) in [7, 11) is 0. The van der Waals surface area contributed by atoms with E-state index in [0.29, 0.717) is 0 Å². The van der Waals surface area contributed by atoms with Gasteiger partial charge in [0.1, 0.15) is 25.1 Å². The molecule has 0 bridgehead atoms. The summed E-state index contributed by atoms with van der Waals surface area (Å²) in [4.78, 5) is 20.3. The Balaban J connectivity index is 1.36. The first-order chi connectivity index (χ1) is 19.5. The van der Waals surface area contributed by atoms with Crippen LogP contribution in [0.25, 0.3) is 11.2 Å². The Morgan fingerprint density at radius 2 is 1.77 bits per heavy atom. The van der Waals surface area contributed by atoms with Gasteiger partial charge in [0.2, 0.25) is 0 Å². The standard InChI is InChI=1S/C29H42N4O7/c1-2-3-4-5-6-7-8-9-13-16-21(20-14-11-10-12-15-20)37-19-38-25-24(35)22(17-34)39-27(25)33-18-31-23-26(33)32-29(30)40-28(23)36/h10-12,14-15,18,21-22,24-25,27,34-35H,2-9,13,16-17,19H2,1H3,(H2,30,32)/t21?,22-,24+,25?,27-/m1/s1. The van der Waals surface area contributed by atoms with Crippen molar-refractivity contribution in [1.29, 1.82) is 0 Å². The number of fused-ring (bicyclic) bond motifs is 1. The lowest BCUT2D eigenvalue weighted by Gasteiger charge is -2.24. The predicted octanol–water partition coefficient (Wildman–Crippen LogP) is 4.24. The van der Waals surface area contributed by atoms with Crippen LogP contribution in [0.5, 0.6) is 0 Å². The highest BCUT2D eigenvalue weighted by Crippen LogP contribution is 2.34. The fourth-order valence-corrected chi connectivity index (χ4v) is 5.19. The van der Waals surface area contributed by atoms with Crippen molar-refractivity contribution in [3.05, 3.63) is 52.6 Å². The molecule has 1 saturated heterocycles. The minimum atomic E-state index is -1.15. The number of nitrogens with two attached hydrogens (primary N) is 1. The lowest BCUT2D eigenvalue weighted by atomic mass is 10.0. The number of unbranched alkanes of at least 4 members (excludes halogenated alkanes) is 8. The maximum Gasteiger partial charge on any atom is 0.368 e. The van der Waals surface area contributed by atoms with Crippen molar-refractivity contribution in [3.8, 4) is 0 Å². The van der Waals surface area contributed by atoms with Crippen molar-refractivity contribution in [1.82, 2.24) is 14.5 Å². The van der Waals surface area contributed by atoms with Crippen LogP contribution in [0.3, 0.4) is 0 Å². The van der Waals surface area contributed by atoms with Gasteiger partial charge in [-0.25, -0.2) is 9.78 Å². The van der Waals surface area contributed by atoms with E-state index in [4.69, 9.17) is 24.4 Å². The number of imidazole rings is 1. The van der Waals surface area contributed by atoms with Crippen LogP contribution in [0.1, 0.15) is 89.0 Å². The summed E-state index contributed by atoms with van der Waals surface area (Å²) in [6.07, 6.45) is 9.33. The van der Waals surface area contributed by atoms with Crippen molar-refractivity contribution in [2.75, 3.05) is 19.1 Å². The third-order valence-corrected chi connectivity index (χ3v) is 7.41. The van der Waals surface area contributed by atoms with E-state index in [2.05, 4.69) is 16.9 Å². The lowest BCUT2D eigenvalue weighted by Crippen LogP contribution is -2.36. The van der Waals surface area contributed by atoms with E-state index in [1.807, 2.05) is 30.3 Å². The van der Waals surface area contributed by atoms with Gasteiger partial charge in [-0.05, 0) is 12.0 Å². The van der Waals surface area contributed by atoms with Crippen molar-refractivity contribution in [3.63, 3.8) is 0 Å². The van der Waals surface area contributed by atoms with Crippen LogP contribution in [0.15, 0.2) is 45.9 Å². The topological polar surface area (TPSA) is 155 Å². The molecule has 40 heavy (non-hydrogen) atoms. The van der Waals surface area contributed by atoms with Crippen LogP contribution < -0.4 is 11.4 Å². The Kier molecular flexibility index (Phi) is 11.5. The summed E-state index contributed by atoms with van der Waals surface area (Å²) >= 11 is 0. The number of rotatable bonds is 17. The second-order valence-corrected chi connectivity index (χ2v) is 10.3. The molecule has 1 aliphatic heterocycles. The Labute approximate surface area is 234 Å². The Morgan fingerprint density at radius 3 is 2.48 bits per heavy atom. The van der Waals surface area contributed by atoms with E-state index < -0.39 is 36.8 Å². The summed E-state index contributed by atoms with van der Waals surface area (Å²) in [6, 6.07) is 9.70. The highest BCUT2D eigenvalue weighted by molar-refractivity contribution is 5.69. The molecule has 0 saturated carbocycles. The second-order valence-electron chi connectivity index (χ2n) is 10.3. The Morgan fingerprint density at radius 1 is 1.07 bits per heavy atom. The average molecular weight is 559 g/mol. The number of nitrogen functional groups attached to an aromatic ring is 1. The fourth-order valence-electron chi connectivity index (χ4n) is 5.19. The number of aromatic nitrogens is 3. The van der Waals surface area contributed by atoms with Gasteiger partial charge in [-0.1, -0.05) is 95.0 Å². The number of hydrogen-bond acceptors (Lipinski definition) is 10. The summed E-state index contributed by atoms with van der Waals surface area (Å²) in [5.74, 6) is 0. The largest absolute Gasteiger partial charge is 0.394 e. The molecule has 0 spiro atoms. The maximum absolute atomic E-state index is 12.1. The number of aliphatic hydroxyl groups excluding tert-OH is 2. The minimum Gasteiger partial charge on any atom is -0.394 e. The lowest BCUT2D eigenvalue weighted by molar-refractivity contribution is -0.158. The Bertz CT molecular complexity index is 1220. The van der Waals surface area contributed by atoms with E-state index >= 15 is 0 Å². The highest BCUT2D eigenvalue weighted by atomic mass is 16.7. The number of benzene rings is 1. The van der Waals surface area contributed by atoms with Crippen LogP contribution >= 0.6 is 0 Å². The summed E-state index contributed by atoms with van der Waals surface area (Å²) in [5.41, 5.74) is 6.06. The van der Waals surface area contributed by atoms with E-state index in [1.165, 1.54) is 55.8 Å². The van der Waals surface area contributed by atoms with Crippen LogP contribution in [-0.2, 0) is 14.2 Å². The fraction of sp³-hybridized carbons (Fsp3) is 0.621.